The molecule has 4 rings (SSSR count). The zero-order valence-electron chi connectivity index (χ0n) is 15.0. The summed E-state index contributed by atoms with van der Waals surface area (Å²) >= 11 is 1.37. The molecule has 7 heteroatoms. The number of aromatic nitrogens is 1. The van der Waals surface area contributed by atoms with Gasteiger partial charge in [0, 0.05) is 23.8 Å². The van der Waals surface area contributed by atoms with Gasteiger partial charge in [-0.25, -0.2) is 9.37 Å². The quantitative estimate of drug-likeness (QED) is 0.726. The molecule has 0 saturated carbocycles. The molecule has 0 aliphatic carbocycles. The average molecular weight is 393 g/mol. The molecule has 140 valence electrons. The number of hydrogen-bond acceptors (Lipinski definition) is 4. The molecule has 1 N–H and O–H groups in total. The molecule has 1 aliphatic rings. The fourth-order valence-electron chi connectivity index (χ4n) is 3.00. The number of benzene rings is 2. The number of carbonyl (C=O) groups excluding carboxylic acids is 2. The van der Waals surface area contributed by atoms with E-state index in [-0.39, 0.29) is 18.2 Å². The van der Waals surface area contributed by atoms with Crippen LogP contribution in [0.25, 0.3) is 0 Å². The van der Waals surface area contributed by atoms with Crippen molar-refractivity contribution in [1.29, 1.82) is 0 Å². The predicted octanol–water partition coefficient (Wildman–Crippen LogP) is 4.14. The summed E-state index contributed by atoms with van der Waals surface area (Å²) in [4.78, 5) is 31.7. The summed E-state index contributed by atoms with van der Waals surface area (Å²) < 4.78 is 13.8. The maximum atomic E-state index is 13.8. The van der Waals surface area contributed by atoms with Gasteiger partial charge in [0.05, 0.1) is 17.7 Å². The van der Waals surface area contributed by atoms with E-state index in [9.17, 15) is 14.0 Å². The Balaban J connectivity index is 1.59. The standard InChI is InChI=1S/C21H16FN3O2S/c1-25-17-9-8-14(24-19(26)11-13-5-2-3-7-16(13)22)12-18(17)28-20-15(21(25)27)6-4-10-23-20/h2-10,12H,11H2,1H3,(H,24,26). The average Bonchev–Trinajstić information content (AvgIpc) is 2.79. The first kappa shape index (κ1) is 18.2. The molecule has 0 spiro atoms. The summed E-state index contributed by atoms with van der Waals surface area (Å²) in [6.45, 7) is 0. The summed E-state index contributed by atoms with van der Waals surface area (Å²) in [5.41, 5.74) is 2.19. The lowest BCUT2D eigenvalue weighted by molar-refractivity contribution is -0.115. The number of halogens is 1. The smallest absolute Gasteiger partial charge is 0.260 e. The second kappa shape index (κ2) is 7.44. The van der Waals surface area contributed by atoms with E-state index in [1.807, 2.05) is 0 Å². The fourth-order valence-corrected chi connectivity index (χ4v) is 4.08. The molecule has 0 saturated heterocycles. The molecule has 0 atom stereocenters. The van der Waals surface area contributed by atoms with Crippen molar-refractivity contribution in [2.24, 2.45) is 0 Å². The van der Waals surface area contributed by atoms with Crippen LogP contribution in [0.4, 0.5) is 15.8 Å². The summed E-state index contributed by atoms with van der Waals surface area (Å²) in [5.74, 6) is -0.852. The highest BCUT2D eigenvalue weighted by Crippen LogP contribution is 2.41. The molecule has 0 radical (unpaired) electrons. The topological polar surface area (TPSA) is 62.3 Å². The number of nitrogens with one attached hydrogen (secondary N) is 1. The van der Waals surface area contributed by atoms with Gasteiger partial charge in [-0.15, -0.1) is 0 Å². The number of pyridine rings is 1. The molecule has 1 aromatic heterocycles. The molecular formula is C21H16FN3O2S. The minimum atomic E-state index is -0.405. The number of carbonyl (C=O) groups is 2. The molecule has 2 amide bonds. The molecule has 1 aliphatic heterocycles. The Morgan fingerprint density at radius 1 is 1.18 bits per heavy atom. The Bertz CT molecular complexity index is 1090. The minimum absolute atomic E-state index is 0.0559. The molecule has 5 nitrogen and oxygen atoms in total. The van der Waals surface area contributed by atoms with Crippen LogP contribution in [-0.4, -0.2) is 23.8 Å². The molecule has 2 heterocycles. The molecule has 28 heavy (non-hydrogen) atoms. The van der Waals surface area contributed by atoms with E-state index < -0.39 is 5.82 Å². The Labute approximate surface area is 165 Å². The Morgan fingerprint density at radius 2 is 2.00 bits per heavy atom. The van der Waals surface area contributed by atoms with E-state index in [2.05, 4.69) is 10.3 Å². The van der Waals surface area contributed by atoms with Gasteiger partial charge in [0.15, 0.2) is 0 Å². The molecule has 3 aromatic rings. The number of fused-ring (bicyclic) bond motifs is 2. The van der Waals surface area contributed by atoms with Crippen molar-refractivity contribution >= 4 is 35.0 Å². The number of nitrogens with zero attached hydrogens (tertiary/aromatic N) is 2. The number of anilines is 2. The highest BCUT2D eigenvalue weighted by molar-refractivity contribution is 7.99. The van der Waals surface area contributed by atoms with Crippen LogP contribution in [-0.2, 0) is 11.2 Å². The summed E-state index contributed by atoms with van der Waals surface area (Å²) in [6.07, 6.45) is 1.59. The summed E-state index contributed by atoms with van der Waals surface area (Å²) in [6, 6.07) is 15.0. The number of amides is 2. The van der Waals surface area contributed by atoms with E-state index in [4.69, 9.17) is 0 Å². The van der Waals surface area contributed by atoms with Crippen molar-refractivity contribution < 1.29 is 14.0 Å². The van der Waals surface area contributed by atoms with E-state index in [0.717, 1.165) is 10.6 Å². The normalized spacial score (nSPS) is 12.8. The molecule has 2 aromatic carbocycles. The second-order valence-electron chi connectivity index (χ2n) is 6.32. The van der Waals surface area contributed by atoms with E-state index >= 15 is 0 Å². The monoisotopic (exact) mass is 393 g/mol. The van der Waals surface area contributed by atoms with Crippen molar-refractivity contribution in [1.82, 2.24) is 4.98 Å². The lowest BCUT2D eigenvalue weighted by Crippen LogP contribution is -2.26. The zero-order valence-corrected chi connectivity index (χ0v) is 15.8. The summed E-state index contributed by atoms with van der Waals surface area (Å²) in [5, 5.41) is 3.41. The zero-order chi connectivity index (χ0) is 19.7. The van der Waals surface area contributed by atoms with Gasteiger partial charge >= 0.3 is 0 Å². The molecule has 0 unspecified atom stereocenters. The fraction of sp³-hybridized carbons (Fsp3) is 0.0952. The maximum Gasteiger partial charge on any atom is 0.260 e. The third-order valence-corrected chi connectivity index (χ3v) is 5.49. The van der Waals surface area contributed by atoms with Crippen LogP contribution in [0.5, 0.6) is 0 Å². The lowest BCUT2D eigenvalue weighted by Gasteiger charge is -2.18. The summed E-state index contributed by atoms with van der Waals surface area (Å²) in [7, 11) is 1.71. The first-order valence-electron chi connectivity index (χ1n) is 8.61. The van der Waals surface area contributed by atoms with E-state index in [0.29, 0.717) is 21.8 Å². The largest absolute Gasteiger partial charge is 0.326 e. The third kappa shape index (κ3) is 3.48. The van der Waals surface area contributed by atoms with Crippen LogP contribution in [0.2, 0.25) is 0 Å². The van der Waals surface area contributed by atoms with E-state index in [1.165, 1.54) is 17.8 Å². The molecule has 0 fully saturated rings. The van der Waals surface area contributed by atoms with Gasteiger partial charge < -0.3 is 10.2 Å². The van der Waals surface area contributed by atoms with Gasteiger partial charge in [0.25, 0.3) is 5.91 Å². The van der Waals surface area contributed by atoms with Crippen LogP contribution >= 0.6 is 11.8 Å². The Hall–Kier alpha value is -3.19. The van der Waals surface area contributed by atoms with Gasteiger partial charge in [-0.2, -0.15) is 0 Å². The van der Waals surface area contributed by atoms with Crippen LogP contribution in [0.1, 0.15) is 15.9 Å². The Morgan fingerprint density at radius 3 is 2.82 bits per heavy atom. The number of rotatable bonds is 3. The second-order valence-corrected chi connectivity index (χ2v) is 7.35. The van der Waals surface area contributed by atoms with Crippen LogP contribution in [0, 0.1) is 5.82 Å². The van der Waals surface area contributed by atoms with Gasteiger partial charge in [0.2, 0.25) is 5.91 Å². The van der Waals surface area contributed by atoms with Gasteiger partial charge in [-0.3, -0.25) is 9.59 Å². The first-order valence-corrected chi connectivity index (χ1v) is 9.43. The molecular weight excluding hydrogens is 377 g/mol. The van der Waals surface area contributed by atoms with Crippen LogP contribution in [0.3, 0.4) is 0 Å². The van der Waals surface area contributed by atoms with Crippen LogP contribution in [0.15, 0.2) is 70.7 Å². The van der Waals surface area contributed by atoms with Gasteiger partial charge in [0.1, 0.15) is 10.8 Å². The SMILES string of the molecule is CN1C(=O)c2cccnc2Sc2cc(NC(=O)Cc3ccccc3F)ccc21. The predicted molar refractivity (Wildman–Crippen MR) is 106 cm³/mol. The van der Waals surface area contributed by atoms with Gasteiger partial charge in [-0.1, -0.05) is 30.0 Å². The van der Waals surface area contributed by atoms with Crippen molar-refractivity contribution in [2.75, 3.05) is 17.3 Å². The lowest BCUT2D eigenvalue weighted by atomic mass is 10.1. The minimum Gasteiger partial charge on any atom is -0.326 e. The highest BCUT2D eigenvalue weighted by Gasteiger charge is 2.25. The van der Waals surface area contributed by atoms with Crippen LogP contribution < -0.4 is 10.2 Å². The number of hydrogen-bond donors (Lipinski definition) is 1. The highest BCUT2D eigenvalue weighted by atomic mass is 32.2. The van der Waals surface area contributed by atoms with E-state index in [1.54, 1.807) is 66.7 Å². The van der Waals surface area contributed by atoms with Gasteiger partial charge in [-0.05, 0) is 42.0 Å². The first-order chi connectivity index (χ1) is 13.5. The third-order valence-electron chi connectivity index (χ3n) is 4.43. The molecule has 0 bridgehead atoms. The maximum absolute atomic E-state index is 13.8. The Kier molecular flexibility index (Phi) is 4.83. The van der Waals surface area contributed by atoms with Crippen molar-refractivity contribution in [3.8, 4) is 0 Å². The van der Waals surface area contributed by atoms with Crippen molar-refractivity contribution in [2.45, 2.75) is 16.3 Å². The van der Waals surface area contributed by atoms with Crippen molar-refractivity contribution in [3.63, 3.8) is 0 Å². The van der Waals surface area contributed by atoms with Crippen molar-refractivity contribution in [3.05, 3.63) is 77.7 Å².